The summed E-state index contributed by atoms with van der Waals surface area (Å²) in [4.78, 5) is 15.7. The van der Waals surface area contributed by atoms with Gasteiger partial charge in [-0.1, -0.05) is 18.2 Å². The molecule has 0 spiro atoms. The number of halogens is 2. The van der Waals surface area contributed by atoms with Gasteiger partial charge in [-0.3, -0.25) is 4.57 Å². The van der Waals surface area contributed by atoms with E-state index in [-0.39, 0.29) is 19.0 Å². The number of para-hydroxylation sites is 1. The predicted molar refractivity (Wildman–Crippen MR) is 73.2 cm³/mol. The number of hydrogen-bond donors (Lipinski definition) is 0. The zero-order valence-corrected chi connectivity index (χ0v) is 11.4. The second kappa shape index (κ2) is 5.97. The summed E-state index contributed by atoms with van der Waals surface area (Å²) in [7, 11) is 0. The number of ether oxygens (including phenoxy) is 2. The van der Waals surface area contributed by atoms with E-state index in [9.17, 15) is 13.6 Å². The van der Waals surface area contributed by atoms with Gasteiger partial charge in [-0.2, -0.15) is 8.78 Å². The molecule has 1 aliphatic rings. The number of aromatic nitrogens is 2. The second-order valence-electron chi connectivity index (χ2n) is 4.60. The molecule has 5 nitrogen and oxygen atoms in total. The fraction of sp³-hybridized carbons (Fsp3) is 0.200. The minimum absolute atomic E-state index is 0.0129. The van der Waals surface area contributed by atoms with E-state index >= 15 is 0 Å². The monoisotopic (exact) mass is 306 g/mol. The van der Waals surface area contributed by atoms with Crippen molar-refractivity contribution in [2.75, 3.05) is 6.61 Å². The molecule has 0 radical (unpaired) electrons. The molecule has 0 atom stereocenters. The highest BCUT2D eigenvalue weighted by Crippen LogP contribution is 2.26. The third kappa shape index (κ3) is 2.83. The Morgan fingerprint density at radius 2 is 2.23 bits per heavy atom. The zero-order valence-electron chi connectivity index (χ0n) is 11.4. The van der Waals surface area contributed by atoms with E-state index in [0.717, 1.165) is 11.8 Å². The van der Waals surface area contributed by atoms with Crippen molar-refractivity contribution in [3.63, 3.8) is 0 Å². The van der Waals surface area contributed by atoms with E-state index in [0.29, 0.717) is 15.9 Å². The summed E-state index contributed by atoms with van der Waals surface area (Å²) in [5.41, 5.74) is 1.10. The summed E-state index contributed by atoms with van der Waals surface area (Å²) >= 11 is 0. The van der Waals surface area contributed by atoms with Crippen molar-refractivity contribution in [3.8, 4) is 5.75 Å². The van der Waals surface area contributed by atoms with Gasteiger partial charge in [0.2, 0.25) is 0 Å². The van der Waals surface area contributed by atoms with E-state index in [4.69, 9.17) is 9.47 Å². The van der Waals surface area contributed by atoms with Gasteiger partial charge in [0, 0.05) is 18.0 Å². The molecule has 0 fully saturated rings. The lowest BCUT2D eigenvalue weighted by molar-refractivity contribution is -0.141. The Bertz CT molecular complexity index is 725. The predicted octanol–water partition coefficient (Wildman–Crippen LogP) is 2.80. The molecule has 0 N–H and O–H groups in total. The van der Waals surface area contributed by atoms with Gasteiger partial charge in [0.15, 0.2) is 5.82 Å². The molecule has 0 saturated heterocycles. The molecule has 7 heteroatoms. The highest BCUT2D eigenvalue weighted by atomic mass is 19.3. The van der Waals surface area contributed by atoms with Gasteiger partial charge in [-0.15, -0.1) is 0 Å². The third-order valence-electron chi connectivity index (χ3n) is 3.19. The van der Waals surface area contributed by atoms with E-state index in [1.54, 1.807) is 12.1 Å². The van der Waals surface area contributed by atoms with Crippen LogP contribution in [0.2, 0.25) is 0 Å². The maximum Gasteiger partial charge on any atom is 0.337 e. The Balaban J connectivity index is 1.68. The smallest absolute Gasteiger partial charge is 0.337 e. The maximum atomic E-state index is 12.7. The fourth-order valence-corrected chi connectivity index (χ4v) is 2.09. The van der Waals surface area contributed by atoms with Crippen molar-refractivity contribution in [1.82, 2.24) is 9.55 Å². The summed E-state index contributed by atoms with van der Waals surface area (Å²) in [5.74, 6) is 0.0618. The molecular weight excluding hydrogens is 294 g/mol. The second-order valence-corrected chi connectivity index (χ2v) is 4.60. The van der Waals surface area contributed by atoms with Crippen LogP contribution in [0.3, 0.4) is 0 Å². The van der Waals surface area contributed by atoms with Gasteiger partial charge in [0.25, 0.3) is 0 Å². The van der Waals surface area contributed by atoms with Crippen LogP contribution in [0.15, 0.2) is 42.2 Å². The number of rotatable bonds is 4. The molecule has 1 aliphatic heterocycles. The van der Waals surface area contributed by atoms with Crippen LogP contribution in [-0.4, -0.2) is 22.1 Å². The first kappa shape index (κ1) is 14.2. The van der Waals surface area contributed by atoms with Crippen LogP contribution in [0.1, 0.15) is 17.9 Å². The first-order valence-corrected chi connectivity index (χ1v) is 6.54. The molecule has 3 rings (SSSR count). The van der Waals surface area contributed by atoms with Crippen LogP contribution < -0.4 is 4.74 Å². The minimum atomic E-state index is -2.72. The lowest BCUT2D eigenvalue weighted by atomic mass is 10.1. The normalized spacial score (nSPS) is 13.3. The first-order valence-electron chi connectivity index (χ1n) is 6.54. The van der Waals surface area contributed by atoms with Crippen LogP contribution in [-0.2, 0) is 16.1 Å². The van der Waals surface area contributed by atoms with E-state index in [2.05, 4.69) is 4.98 Å². The van der Waals surface area contributed by atoms with Gasteiger partial charge in [-0.25, -0.2) is 9.78 Å². The van der Waals surface area contributed by atoms with Crippen LogP contribution in [0, 0.1) is 0 Å². The summed E-state index contributed by atoms with van der Waals surface area (Å²) < 4.78 is 36.4. The van der Waals surface area contributed by atoms with Crippen LogP contribution >= 0.6 is 0 Å². The Hall–Kier alpha value is -2.70. The Kier molecular flexibility index (Phi) is 3.86. The van der Waals surface area contributed by atoms with E-state index in [1.165, 1.54) is 6.20 Å². The first-order chi connectivity index (χ1) is 10.6. The van der Waals surface area contributed by atoms with Crippen molar-refractivity contribution in [3.05, 3.63) is 53.6 Å². The van der Waals surface area contributed by atoms with Crippen molar-refractivity contribution in [1.29, 1.82) is 0 Å². The lowest BCUT2D eigenvalue weighted by Crippen LogP contribution is -2.18. The summed E-state index contributed by atoms with van der Waals surface area (Å²) in [6.45, 7) is -2.96. The number of esters is 1. The van der Waals surface area contributed by atoms with Gasteiger partial charge in [-0.05, 0) is 12.1 Å². The van der Waals surface area contributed by atoms with Gasteiger partial charge in [0.1, 0.15) is 19.0 Å². The molecule has 0 amide bonds. The molecule has 1 aromatic carbocycles. The van der Waals surface area contributed by atoms with Crippen molar-refractivity contribution < 1.29 is 23.0 Å². The summed E-state index contributed by atoms with van der Waals surface area (Å²) in [5, 5.41) is 0. The fourth-order valence-electron chi connectivity index (χ4n) is 2.09. The largest absolute Gasteiger partial charge is 0.488 e. The average Bonchev–Trinajstić information content (AvgIpc) is 3.01. The Labute approximate surface area is 124 Å². The molecular formula is C15H12F2N2O3. The minimum Gasteiger partial charge on any atom is -0.488 e. The molecule has 0 aliphatic carbocycles. The highest BCUT2D eigenvalue weighted by molar-refractivity contribution is 5.95. The number of benzene rings is 1. The molecule has 2 aromatic rings. The molecule has 0 bridgehead atoms. The number of alkyl halides is 2. The third-order valence-corrected chi connectivity index (χ3v) is 3.19. The van der Waals surface area contributed by atoms with Crippen molar-refractivity contribution in [2.45, 2.75) is 13.2 Å². The summed E-state index contributed by atoms with van der Waals surface area (Å²) in [6.07, 6.45) is 4.03. The van der Waals surface area contributed by atoms with E-state index in [1.807, 2.05) is 18.2 Å². The van der Waals surface area contributed by atoms with Crippen LogP contribution in [0.5, 0.6) is 5.75 Å². The quantitative estimate of drug-likeness (QED) is 0.815. The standard InChI is InChI=1S/C15H12F2N2O3/c16-15(17)19-6-5-18-13(19)9-22-14(20)11-7-10-3-1-2-4-12(10)21-8-11/h1-7,15H,8-9H2. The topological polar surface area (TPSA) is 53.3 Å². The van der Waals surface area contributed by atoms with E-state index < -0.39 is 12.5 Å². The lowest BCUT2D eigenvalue weighted by Gasteiger charge is -2.17. The van der Waals surface area contributed by atoms with Gasteiger partial charge in [0.05, 0.1) is 5.57 Å². The van der Waals surface area contributed by atoms with Crippen molar-refractivity contribution >= 4 is 12.0 Å². The van der Waals surface area contributed by atoms with Gasteiger partial charge >= 0.3 is 12.5 Å². The number of carbonyl (C=O) groups is 1. The molecule has 114 valence electrons. The molecule has 1 aromatic heterocycles. The Morgan fingerprint density at radius 3 is 3.05 bits per heavy atom. The number of fused-ring (bicyclic) bond motifs is 1. The number of nitrogens with zero attached hydrogens (tertiary/aromatic N) is 2. The van der Waals surface area contributed by atoms with Gasteiger partial charge < -0.3 is 9.47 Å². The number of imidazole rings is 1. The molecule has 22 heavy (non-hydrogen) atoms. The number of carbonyl (C=O) groups excluding carboxylic acids is 1. The SMILES string of the molecule is O=C(OCc1nccn1C(F)F)C1=Cc2ccccc2OC1. The Morgan fingerprint density at radius 1 is 1.41 bits per heavy atom. The molecule has 0 saturated carbocycles. The molecule has 0 unspecified atom stereocenters. The van der Waals surface area contributed by atoms with Crippen LogP contribution in [0.25, 0.3) is 6.08 Å². The summed E-state index contributed by atoms with van der Waals surface area (Å²) in [6, 6.07) is 7.27. The zero-order chi connectivity index (χ0) is 15.5. The average molecular weight is 306 g/mol. The molecule has 2 heterocycles. The van der Waals surface area contributed by atoms with Crippen molar-refractivity contribution in [2.24, 2.45) is 0 Å². The number of hydrogen-bond acceptors (Lipinski definition) is 4. The van der Waals surface area contributed by atoms with Crippen LogP contribution in [0.4, 0.5) is 8.78 Å². The maximum absolute atomic E-state index is 12.7. The highest BCUT2D eigenvalue weighted by Gasteiger charge is 2.19.